The number of ether oxygens (including phenoxy) is 1. The first-order valence-electron chi connectivity index (χ1n) is 10.8. The number of carbonyl (C=O) groups excluding carboxylic acids is 1. The number of anilines is 2. The predicted molar refractivity (Wildman–Crippen MR) is 129 cm³/mol. The molecule has 1 aliphatic heterocycles. The van der Waals surface area contributed by atoms with Gasteiger partial charge in [-0.1, -0.05) is 18.2 Å². The van der Waals surface area contributed by atoms with Crippen molar-refractivity contribution in [1.29, 1.82) is 0 Å². The van der Waals surface area contributed by atoms with E-state index in [1.807, 2.05) is 18.2 Å². The maximum atomic E-state index is 12.7. The lowest BCUT2D eigenvalue weighted by Gasteiger charge is -2.21. The summed E-state index contributed by atoms with van der Waals surface area (Å²) in [4.78, 5) is 15.1. The summed E-state index contributed by atoms with van der Waals surface area (Å²) in [6, 6.07) is 20.6. The normalized spacial score (nSPS) is 13.5. The van der Waals surface area contributed by atoms with Crippen LogP contribution in [0.25, 0.3) is 0 Å². The molecule has 1 saturated heterocycles. The second-order valence-electron chi connectivity index (χ2n) is 7.86. The van der Waals surface area contributed by atoms with Crippen LogP contribution in [0.1, 0.15) is 28.8 Å². The lowest BCUT2D eigenvalue weighted by atomic mass is 10.1. The standard InChI is InChI=1S/C25H27N3O4S/c1-32-22-12-10-21(11-13-22)27-33(30,31)23-14-8-19(9-15-23)25(29)26-18-20-6-2-3-7-24(20)28-16-4-5-17-28/h2-3,6-15,27H,4-5,16-18H2,1H3,(H,26,29). The highest BCUT2D eigenvalue weighted by atomic mass is 32.2. The van der Waals surface area contributed by atoms with E-state index in [1.54, 1.807) is 31.4 Å². The molecular formula is C25H27N3O4S. The molecule has 3 aromatic rings. The van der Waals surface area contributed by atoms with Crippen LogP contribution in [0.15, 0.2) is 77.7 Å². The summed E-state index contributed by atoms with van der Waals surface area (Å²) < 4.78 is 32.9. The first kappa shape index (κ1) is 22.7. The van der Waals surface area contributed by atoms with Gasteiger partial charge in [-0.3, -0.25) is 9.52 Å². The van der Waals surface area contributed by atoms with Gasteiger partial charge in [0, 0.05) is 36.6 Å². The van der Waals surface area contributed by atoms with Gasteiger partial charge in [0.2, 0.25) is 0 Å². The lowest BCUT2D eigenvalue weighted by molar-refractivity contribution is 0.0951. The molecular weight excluding hydrogens is 438 g/mol. The van der Waals surface area contributed by atoms with Crippen molar-refractivity contribution in [1.82, 2.24) is 5.32 Å². The molecule has 1 aliphatic rings. The van der Waals surface area contributed by atoms with Crippen molar-refractivity contribution in [3.05, 3.63) is 83.9 Å². The average Bonchev–Trinajstić information content (AvgIpc) is 3.38. The molecule has 3 aromatic carbocycles. The molecule has 1 heterocycles. The van der Waals surface area contributed by atoms with E-state index in [4.69, 9.17) is 4.74 Å². The number of carbonyl (C=O) groups is 1. The fourth-order valence-electron chi connectivity index (χ4n) is 3.86. The Morgan fingerprint density at radius 3 is 2.27 bits per heavy atom. The number of nitrogens with one attached hydrogen (secondary N) is 2. The smallest absolute Gasteiger partial charge is 0.261 e. The molecule has 2 N–H and O–H groups in total. The molecule has 0 spiro atoms. The van der Waals surface area contributed by atoms with E-state index in [9.17, 15) is 13.2 Å². The number of methoxy groups -OCH3 is 1. The summed E-state index contributed by atoms with van der Waals surface area (Å²) >= 11 is 0. The van der Waals surface area contributed by atoms with Crippen LogP contribution in [-0.4, -0.2) is 34.5 Å². The topological polar surface area (TPSA) is 87.7 Å². The number of para-hydroxylation sites is 1. The van der Waals surface area contributed by atoms with Crippen LogP contribution in [0.2, 0.25) is 0 Å². The van der Waals surface area contributed by atoms with Crippen molar-refractivity contribution in [3.8, 4) is 5.75 Å². The predicted octanol–water partition coefficient (Wildman–Crippen LogP) is 4.03. The Morgan fingerprint density at radius 2 is 1.61 bits per heavy atom. The van der Waals surface area contributed by atoms with Crippen molar-refractivity contribution in [2.24, 2.45) is 0 Å². The molecule has 8 heteroatoms. The Balaban J connectivity index is 1.40. The number of hydrogen-bond donors (Lipinski definition) is 2. The van der Waals surface area contributed by atoms with Crippen LogP contribution in [0.3, 0.4) is 0 Å². The highest BCUT2D eigenvalue weighted by Gasteiger charge is 2.17. The SMILES string of the molecule is COc1ccc(NS(=O)(=O)c2ccc(C(=O)NCc3ccccc3N3CCCC3)cc2)cc1. The van der Waals surface area contributed by atoms with Crippen LogP contribution in [0.5, 0.6) is 5.75 Å². The molecule has 0 saturated carbocycles. The largest absolute Gasteiger partial charge is 0.497 e. The van der Waals surface area contributed by atoms with Gasteiger partial charge in [-0.2, -0.15) is 0 Å². The third-order valence-corrected chi connectivity index (χ3v) is 7.04. The Morgan fingerprint density at radius 1 is 0.939 bits per heavy atom. The fourth-order valence-corrected chi connectivity index (χ4v) is 4.92. The summed E-state index contributed by atoms with van der Waals surface area (Å²) in [5.41, 5.74) is 3.04. The van der Waals surface area contributed by atoms with E-state index in [1.165, 1.54) is 37.1 Å². The summed E-state index contributed by atoms with van der Waals surface area (Å²) in [7, 11) is -2.23. The van der Waals surface area contributed by atoms with E-state index in [-0.39, 0.29) is 10.8 Å². The molecule has 0 bridgehead atoms. The summed E-state index contributed by atoms with van der Waals surface area (Å²) in [5, 5.41) is 2.95. The molecule has 1 fully saturated rings. The maximum Gasteiger partial charge on any atom is 0.261 e. The van der Waals surface area contributed by atoms with Gasteiger partial charge in [0.25, 0.3) is 15.9 Å². The van der Waals surface area contributed by atoms with Crippen LogP contribution >= 0.6 is 0 Å². The third-order valence-electron chi connectivity index (χ3n) is 5.65. The molecule has 0 aliphatic carbocycles. The summed E-state index contributed by atoms with van der Waals surface area (Å²) in [6.45, 7) is 2.47. The molecule has 1 amide bonds. The molecule has 33 heavy (non-hydrogen) atoms. The number of benzene rings is 3. The van der Waals surface area contributed by atoms with Gasteiger partial charge in [-0.05, 0) is 73.0 Å². The number of amides is 1. The zero-order valence-electron chi connectivity index (χ0n) is 18.5. The minimum atomic E-state index is -3.77. The van der Waals surface area contributed by atoms with Crippen molar-refractivity contribution in [2.45, 2.75) is 24.3 Å². The zero-order chi connectivity index (χ0) is 23.3. The third kappa shape index (κ3) is 5.46. The fraction of sp³-hybridized carbons (Fsp3) is 0.240. The summed E-state index contributed by atoms with van der Waals surface area (Å²) in [5.74, 6) is 0.384. The van der Waals surface area contributed by atoms with Crippen molar-refractivity contribution in [3.63, 3.8) is 0 Å². The first-order valence-corrected chi connectivity index (χ1v) is 12.3. The minimum Gasteiger partial charge on any atom is -0.497 e. The quantitative estimate of drug-likeness (QED) is 0.525. The molecule has 0 aromatic heterocycles. The minimum absolute atomic E-state index is 0.0780. The van der Waals surface area contributed by atoms with Crippen LogP contribution in [0, 0.1) is 0 Å². The number of hydrogen-bond acceptors (Lipinski definition) is 5. The van der Waals surface area contributed by atoms with Crippen LogP contribution in [0.4, 0.5) is 11.4 Å². The number of rotatable bonds is 8. The molecule has 0 radical (unpaired) electrons. The Hall–Kier alpha value is -3.52. The van der Waals surface area contributed by atoms with Crippen LogP contribution in [-0.2, 0) is 16.6 Å². The average molecular weight is 466 g/mol. The lowest BCUT2D eigenvalue weighted by Crippen LogP contribution is -2.25. The van der Waals surface area contributed by atoms with E-state index in [0.29, 0.717) is 23.5 Å². The van der Waals surface area contributed by atoms with Crippen molar-refractivity contribution in [2.75, 3.05) is 29.8 Å². The molecule has 0 atom stereocenters. The molecule has 4 rings (SSSR count). The van der Waals surface area contributed by atoms with Gasteiger partial charge in [-0.15, -0.1) is 0 Å². The Labute approximate surface area is 194 Å². The molecule has 0 unspecified atom stereocenters. The Bertz CT molecular complexity index is 1200. The zero-order valence-corrected chi connectivity index (χ0v) is 19.3. The summed E-state index contributed by atoms with van der Waals surface area (Å²) in [6.07, 6.45) is 2.37. The Kier molecular flexibility index (Phi) is 6.84. The molecule has 7 nitrogen and oxygen atoms in total. The highest BCUT2D eigenvalue weighted by Crippen LogP contribution is 2.24. The first-order chi connectivity index (χ1) is 16.0. The van der Waals surface area contributed by atoms with E-state index in [2.05, 4.69) is 21.0 Å². The van der Waals surface area contributed by atoms with Gasteiger partial charge in [0.15, 0.2) is 0 Å². The van der Waals surface area contributed by atoms with Gasteiger partial charge in [0.1, 0.15) is 5.75 Å². The second kappa shape index (κ2) is 9.95. The van der Waals surface area contributed by atoms with E-state index >= 15 is 0 Å². The number of sulfonamides is 1. The van der Waals surface area contributed by atoms with E-state index in [0.717, 1.165) is 24.3 Å². The van der Waals surface area contributed by atoms with Gasteiger partial charge in [0.05, 0.1) is 12.0 Å². The van der Waals surface area contributed by atoms with Crippen LogP contribution < -0.4 is 19.7 Å². The van der Waals surface area contributed by atoms with Gasteiger partial charge < -0.3 is 15.0 Å². The second-order valence-corrected chi connectivity index (χ2v) is 9.55. The van der Waals surface area contributed by atoms with Crippen molar-refractivity contribution < 1.29 is 17.9 Å². The molecule has 172 valence electrons. The monoisotopic (exact) mass is 465 g/mol. The maximum absolute atomic E-state index is 12.7. The van der Waals surface area contributed by atoms with Gasteiger partial charge >= 0.3 is 0 Å². The number of nitrogens with zero attached hydrogens (tertiary/aromatic N) is 1. The van der Waals surface area contributed by atoms with E-state index < -0.39 is 10.0 Å². The van der Waals surface area contributed by atoms with Crippen molar-refractivity contribution >= 4 is 27.3 Å². The van der Waals surface area contributed by atoms with Gasteiger partial charge in [-0.25, -0.2) is 8.42 Å². The highest BCUT2D eigenvalue weighted by molar-refractivity contribution is 7.92.